The summed E-state index contributed by atoms with van der Waals surface area (Å²) in [5.74, 6) is -0.943. The van der Waals surface area contributed by atoms with Gasteiger partial charge in [-0.25, -0.2) is 0 Å². The summed E-state index contributed by atoms with van der Waals surface area (Å²) in [4.78, 5) is 29.6. The highest BCUT2D eigenvalue weighted by Crippen LogP contribution is 2.42. The average Bonchev–Trinajstić information content (AvgIpc) is 3.05. The van der Waals surface area contributed by atoms with Crippen molar-refractivity contribution >= 4 is 40.7 Å². The number of aliphatic hydroxyl groups is 1. The van der Waals surface area contributed by atoms with Crippen LogP contribution in [0.25, 0.3) is 5.76 Å². The van der Waals surface area contributed by atoms with Gasteiger partial charge in [0, 0.05) is 18.7 Å². The number of likely N-dealkylation sites (N-methyl/N-ethyl adjacent to an activating group) is 1. The molecule has 2 aromatic carbocycles. The number of nitrogens with zero attached hydrogens (tertiary/aromatic N) is 2. The molecule has 1 heterocycles. The molecule has 2 aromatic rings. The zero-order valence-electron chi connectivity index (χ0n) is 19.6. The van der Waals surface area contributed by atoms with Crippen LogP contribution in [0.2, 0.25) is 10.0 Å². The van der Waals surface area contributed by atoms with E-state index < -0.39 is 17.7 Å². The highest BCUT2D eigenvalue weighted by atomic mass is 35.5. The molecular formula is C25H28Cl2N2O5. The van der Waals surface area contributed by atoms with Gasteiger partial charge in [-0.2, -0.15) is 0 Å². The number of ether oxygens (including phenoxy) is 2. The number of hydrogen-bond acceptors (Lipinski definition) is 6. The Kier molecular flexibility index (Phi) is 8.47. The van der Waals surface area contributed by atoms with Crippen molar-refractivity contribution in [3.8, 4) is 11.5 Å². The number of carbonyl (C=O) groups is 2. The lowest BCUT2D eigenvalue weighted by molar-refractivity contribution is -0.140. The van der Waals surface area contributed by atoms with Crippen molar-refractivity contribution in [1.82, 2.24) is 9.80 Å². The van der Waals surface area contributed by atoms with E-state index in [0.717, 1.165) is 6.42 Å². The molecule has 1 unspecified atom stereocenters. The number of benzene rings is 2. The third-order valence-corrected chi connectivity index (χ3v) is 6.01. The van der Waals surface area contributed by atoms with Gasteiger partial charge in [-0.3, -0.25) is 9.59 Å². The van der Waals surface area contributed by atoms with Crippen LogP contribution in [0, 0.1) is 0 Å². The van der Waals surface area contributed by atoms with Crippen molar-refractivity contribution in [2.24, 2.45) is 0 Å². The molecule has 0 aromatic heterocycles. The van der Waals surface area contributed by atoms with Crippen LogP contribution in [0.3, 0.4) is 0 Å². The minimum Gasteiger partial charge on any atom is -0.507 e. The molecule has 1 aliphatic heterocycles. The molecule has 0 spiro atoms. The number of methoxy groups -OCH3 is 1. The molecule has 1 N–H and O–H groups in total. The van der Waals surface area contributed by atoms with Crippen molar-refractivity contribution < 1.29 is 24.2 Å². The average molecular weight is 507 g/mol. The molecule has 1 saturated heterocycles. The molecule has 182 valence electrons. The summed E-state index contributed by atoms with van der Waals surface area (Å²) >= 11 is 12.5. The number of likely N-dealkylation sites (tertiary alicyclic amines) is 1. The lowest BCUT2D eigenvalue weighted by atomic mass is 9.95. The number of carbonyl (C=O) groups excluding carboxylic acids is 2. The van der Waals surface area contributed by atoms with Crippen molar-refractivity contribution in [2.45, 2.75) is 19.4 Å². The van der Waals surface area contributed by atoms with E-state index in [1.54, 1.807) is 18.2 Å². The van der Waals surface area contributed by atoms with Gasteiger partial charge in [0.05, 0.1) is 35.4 Å². The Balaban J connectivity index is 2.17. The van der Waals surface area contributed by atoms with E-state index in [-0.39, 0.29) is 32.7 Å². The fourth-order valence-electron chi connectivity index (χ4n) is 3.81. The first-order chi connectivity index (χ1) is 16.2. The maximum atomic E-state index is 13.2. The van der Waals surface area contributed by atoms with Gasteiger partial charge >= 0.3 is 0 Å². The van der Waals surface area contributed by atoms with Gasteiger partial charge in [0.25, 0.3) is 11.7 Å². The Hall–Kier alpha value is -2.74. The van der Waals surface area contributed by atoms with Crippen molar-refractivity contribution in [2.75, 3.05) is 40.9 Å². The quantitative estimate of drug-likeness (QED) is 0.299. The van der Waals surface area contributed by atoms with Gasteiger partial charge < -0.3 is 24.4 Å². The lowest BCUT2D eigenvalue weighted by Gasteiger charge is -2.27. The van der Waals surface area contributed by atoms with Crippen LogP contribution in [0.15, 0.2) is 42.0 Å². The Morgan fingerprint density at radius 2 is 1.82 bits per heavy atom. The minimum absolute atomic E-state index is 0.0336. The molecular weight excluding hydrogens is 479 g/mol. The smallest absolute Gasteiger partial charge is 0.295 e. The van der Waals surface area contributed by atoms with E-state index in [1.165, 1.54) is 24.1 Å². The summed E-state index contributed by atoms with van der Waals surface area (Å²) in [6.07, 6.45) is 0.838. The van der Waals surface area contributed by atoms with Gasteiger partial charge in [-0.15, -0.1) is 0 Å². The Morgan fingerprint density at radius 1 is 1.15 bits per heavy atom. The molecule has 1 aliphatic rings. The van der Waals surface area contributed by atoms with Crippen molar-refractivity contribution in [3.05, 3.63) is 63.1 Å². The molecule has 3 rings (SSSR count). The van der Waals surface area contributed by atoms with Crippen LogP contribution in [0.4, 0.5) is 0 Å². The second-order valence-electron chi connectivity index (χ2n) is 8.19. The first-order valence-electron chi connectivity index (χ1n) is 10.9. The van der Waals surface area contributed by atoms with Crippen molar-refractivity contribution in [3.63, 3.8) is 0 Å². The molecule has 0 radical (unpaired) electrons. The van der Waals surface area contributed by atoms with Crippen molar-refractivity contribution in [1.29, 1.82) is 0 Å². The number of halogens is 2. The molecule has 34 heavy (non-hydrogen) atoms. The fourth-order valence-corrected chi connectivity index (χ4v) is 4.45. The Bertz CT molecular complexity index is 1090. The number of ketones is 1. The lowest BCUT2D eigenvalue weighted by Crippen LogP contribution is -2.35. The summed E-state index contributed by atoms with van der Waals surface area (Å²) in [5, 5.41) is 11.6. The summed E-state index contributed by atoms with van der Waals surface area (Å²) in [5.41, 5.74) is 0.831. The van der Waals surface area contributed by atoms with E-state index in [4.69, 9.17) is 32.7 Å². The fraction of sp³-hybridized carbons (Fsp3) is 0.360. The normalized spacial score (nSPS) is 17.5. The number of hydrogen-bond donors (Lipinski definition) is 1. The van der Waals surface area contributed by atoms with Crippen LogP contribution in [0.1, 0.15) is 30.5 Å². The Morgan fingerprint density at radius 3 is 2.41 bits per heavy atom. The zero-order valence-corrected chi connectivity index (χ0v) is 21.1. The maximum absolute atomic E-state index is 13.2. The van der Waals surface area contributed by atoms with Crippen LogP contribution >= 0.6 is 23.2 Å². The largest absolute Gasteiger partial charge is 0.507 e. The summed E-state index contributed by atoms with van der Waals surface area (Å²) in [6, 6.07) is 9.31. The highest BCUT2D eigenvalue weighted by molar-refractivity contribution is 6.46. The van der Waals surface area contributed by atoms with Crippen LogP contribution < -0.4 is 9.47 Å². The predicted molar refractivity (Wildman–Crippen MR) is 133 cm³/mol. The van der Waals surface area contributed by atoms with E-state index >= 15 is 0 Å². The van der Waals surface area contributed by atoms with Gasteiger partial charge in [-0.1, -0.05) is 42.3 Å². The SMILES string of the molecule is CCCOc1cccc(C2/C(=C(\O)c3cc(Cl)c(OC)c(Cl)c3)C(=O)C(=O)N2CCN(C)C)c1. The molecule has 0 aliphatic carbocycles. The number of rotatable bonds is 9. The molecule has 7 nitrogen and oxygen atoms in total. The molecule has 1 atom stereocenters. The van der Waals surface area contributed by atoms with Crippen LogP contribution in [-0.4, -0.2) is 67.5 Å². The second-order valence-corrected chi connectivity index (χ2v) is 9.00. The van der Waals surface area contributed by atoms with E-state index in [0.29, 0.717) is 31.0 Å². The van der Waals surface area contributed by atoms with Gasteiger partial charge in [0.1, 0.15) is 11.5 Å². The third kappa shape index (κ3) is 5.32. The third-order valence-electron chi connectivity index (χ3n) is 5.45. The molecule has 0 saturated carbocycles. The van der Waals surface area contributed by atoms with Gasteiger partial charge in [-0.05, 0) is 50.3 Å². The minimum atomic E-state index is -0.801. The van der Waals surface area contributed by atoms with Gasteiger partial charge in [0.15, 0.2) is 5.75 Å². The second kappa shape index (κ2) is 11.1. The van der Waals surface area contributed by atoms with Crippen LogP contribution in [-0.2, 0) is 9.59 Å². The topological polar surface area (TPSA) is 79.3 Å². The summed E-state index contributed by atoms with van der Waals surface area (Å²) in [7, 11) is 5.19. The number of aliphatic hydroxyl groups excluding tert-OH is 1. The predicted octanol–water partition coefficient (Wildman–Crippen LogP) is 4.77. The van der Waals surface area contributed by atoms with E-state index in [9.17, 15) is 14.7 Å². The molecule has 9 heteroatoms. The Labute approximate surface area is 209 Å². The number of amides is 1. The molecule has 0 bridgehead atoms. The van der Waals surface area contributed by atoms with E-state index in [2.05, 4.69) is 0 Å². The highest BCUT2D eigenvalue weighted by Gasteiger charge is 2.46. The standard InChI is InChI=1S/C25H28Cl2N2O5/c1-5-11-34-17-8-6-7-15(12-17)21-20(23(31)25(32)29(21)10-9-28(2)3)22(30)16-13-18(26)24(33-4)19(27)14-16/h6-8,12-14,21,30H,5,9-11H2,1-4H3/b22-20+. The molecule has 1 amide bonds. The number of Topliss-reactive ketones (excluding diaryl/α,β-unsaturated/α-hetero) is 1. The zero-order chi connectivity index (χ0) is 25.0. The maximum Gasteiger partial charge on any atom is 0.295 e. The van der Waals surface area contributed by atoms with Crippen LogP contribution in [0.5, 0.6) is 11.5 Å². The van der Waals surface area contributed by atoms with E-state index in [1.807, 2.05) is 32.0 Å². The molecule has 1 fully saturated rings. The first kappa shape index (κ1) is 25.9. The summed E-state index contributed by atoms with van der Waals surface area (Å²) < 4.78 is 10.9. The monoisotopic (exact) mass is 506 g/mol. The summed E-state index contributed by atoms with van der Waals surface area (Å²) in [6.45, 7) is 3.37. The van der Waals surface area contributed by atoms with Gasteiger partial charge in [0.2, 0.25) is 0 Å². The first-order valence-corrected chi connectivity index (χ1v) is 11.6.